The van der Waals surface area contributed by atoms with E-state index in [1.807, 2.05) is 0 Å². The van der Waals surface area contributed by atoms with Gasteiger partial charge in [0.2, 0.25) is 0 Å². The summed E-state index contributed by atoms with van der Waals surface area (Å²) in [5.41, 5.74) is 0.181. The van der Waals surface area contributed by atoms with Gasteiger partial charge in [0.15, 0.2) is 11.5 Å². The SMILES string of the molecule is CCC(=O)c1ccccc1OS(=O)(=O)c1cccc(F)c1. The van der Waals surface area contributed by atoms with Crippen LogP contribution < -0.4 is 4.18 Å². The molecule has 0 radical (unpaired) electrons. The highest BCUT2D eigenvalue weighted by molar-refractivity contribution is 7.87. The Hall–Kier alpha value is -2.21. The van der Waals surface area contributed by atoms with Crippen molar-refractivity contribution >= 4 is 15.9 Å². The Labute approximate surface area is 122 Å². The summed E-state index contributed by atoms with van der Waals surface area (Å²) < 4.78 is 42.3. The molecule has 0 bridgehead atoms. The molecule has 4 nitrogen and oxygen atoms in total. The first-order valence-corrected chi connectivity index (χ1v) is 7.67. The van der Waals surface area contributed by atoms with Gasteiger partial charge in [-0.05, 0) is 30.3 Å². The smallest absolute Gasteiger partial charge is 0.339 e. The van der Waals surface area contributed by atoms with Crippen LogP contribution in [0.15, 0.2) is 53.4 Å². The van der Waals surface area contributed by atoms with Gasteiger partial charge < -0.3 is 4.18 Å². The number of Topliss-reactive ketones (excluding diaryl/α,β-unsaturated/α-hetero) is 1. The van der Waals surface area contributed by atoms with E-state index in [9.17, 15) is 17.6 Å². The van der Waals surface area contributed by atoms with Crippen LogP contribution in [0.2, 0.25) is 0 Å². The number of carbonyl (C=O) groups excluding carboxylic acids is 1. The van der Waals surface area contributed by atoms with E-state index in [1.54, 1.807) is 19.1 Å². The van der Waals surface area contributed by atoms with Crippen molar-refractivity contribution in [3.63, 3.8) is 0 Å². The van der Waals surface area contributed by atoms with Crippen LogP contribution in [0.25, 0.3) is 0 Å². The zero-order chi connectivity index (χ0) is 15.5. The van der Waals surface area contributed by atoms with E-state index in [2.05, 4.69) is 0 Å². The fourth-order valence-corrected chi connectivity index (χ4v) is 2.73. The molecular formula is C15H13FO4S. The number of ketones is 1. The van der Waals surface area contributed by atoms with Crippen molar-refractivity contribution in [3.05, 3.63) is 59.9 Å². The van der Waals surface area contributed by atoms with E-state index in [0.717, 1.165) is 12.1 Å². The maximum Gasteiger partial charge on any atom is 0.339 e. The predicted octanol–water partition coefficient (Wildman–Crippen LogP) is 3.19. The van der Waals surface area contributed by atoms with Crippen molar-refractivity contribution in [1.29, 1.82) is 0 Å². The highest BCUT2D eigenvalue weighted by Crippen LogP contribution is 2.24. The minimum absolute atomic E-state index is 0.0615. The van der Waals surface area contributed by atoms with Gasteiger partial charge >= 0.3 is 10.1 Å². The number of rotatable bonds is 5. The molecule has 0 N–H and O–H groups in total. The quantitative estimate of drug-likeness (QED) is 0.628. The summed E-state index contributed by atoms with van der Waals surface area (Å²) in [6.07, 6.45) is 0.223. The van der Waals surface area contributed by atoms with Crippen LogP contribution in [0.4, 0.5) is 4.39 Å². The van der Waals surface area contributed by atoms with Crippen LogP contribution in [0.1, 0.15) is 23.7 Å². The average molecular weight is 308 g/mol. The molecule has 0 aliphatic carbocycles. The first-order chi connectivity index (χ1) is 9.94. The number of benzene rings is 2. The lowest BCUT2D eigenvalue weighted by Crippen LogP contribution is -2.12. The lowest BCUT2D eigenvalue weighted by molar-refractivity contribution is 0.0986. The van der Waals surface area contributed by atoms with Gasteiger partial charge in [-0.15, -0.1) is 0 Å². The molecule has 0 spiro atoms. The fourth-order valence-electron chi connectivity index (χ4n) is 1.75. The maximum absolute atomic E-state index is 13.1. The topological polar surface area (TPSA) is 60.4 Å². The van der Waals surface area contributed by atoms with Crippen molar-refractivity contribution in [1.82, 2.24) is 0 Å². The molecule has 0 heterocycles. The van der Waals surface area contributed by atoms with Crippen molar-refractivity contribution in [3.8, 4) is 5.75 Å². The fraction of sp³-hybridized carbons (Fsp3) is 0.133. The van der Waals surface area contributed by atoms with E-state index >= 15 is 0 Å². The monoisotopic (exact) mass is 308 g/mol. The molecule has 0 aromatic heterocycles. The van der Waals surface area contributed by atoms with Crippen LogP contribution in [0, 0.1) is 5.82 Å². The molecule has 0 saturated carbocycles. The third-order valence-electron chi connectivity index (χ3n) is 2.79. The number of para-hydroxylation sites is 1. The number of halogens is 1. The molecule has 0 aliphatic rings. The molecule has 0 saturated heterocycles. The normalized spacial score (nSPS) is 11.1. The Bertz CT molecular complexity index is 769. The van der Waals surface area contributed by atoms with Gasteiger partial charge in [-0.1, -0.05) is 25.1 Å². The molecule has 110 valence electrons. The Balaban J connectivity index is 2.40. The van der Waals surface area contributed by atoms with Crippen LogP contribution in [0.5, 0.6) is 5.75 Å². The molecule has 2 rings (SSSR count). The van der Waals surface area contributed by atoms with E-state index in [0.29, 0.717) is 0 Å². The largest absolute Gasteiger partial charge is 0.378 e. The molecule has 0 amide bonds. The van der Waals surface area contributed by atoms with Gasteiger partial charge in [0, 0.05) is 6.42 Å². The summed E-state index contributed by atoms with van der Waals surface area (Å²) in [5, 5.41) is 0. The molecular weight excluding hydrogens is 295 g/mol. The first kappa shape index (κ1) is 15.2. The van der Waals surface area contributed by atoms with Gasteiger partial charge in [-0.2, -0.15) is 8.42 Å². The summed E-state index contributed by atoms with van der Waals surface area (Å²) in [4.78, 5) is 11.5. The lowest BCUT2D eigenvalue weighted by atomic mass is 10.1. The maximum atomic E-state index is 13.1. The van der Waals surface area contributed by atoms with Crippen molar-refractivity contribution in [2.45, 2.75) is 18.2 Å². The molecule has 0 fully saturated rings. The standard InChI is InChI=1S/C15H13FO4S/c1-2-14(17)13-8-3-4-9-15(13)20-21(18,19)12-7-5-6-11(16)10-12/h3-10H,2H2,1H3. The minimum Gasteiger partial charge on any atom is -0.378 e. The lowest BCUT2D eigenvalue weighted by Gasteiger charge is -2.10. The molecule has 21 heavy (non-hydrogen) atoms. The zero-order valence-corrected chi connectivity index (χ0v) is 12.1. The van der Waals surface area contributed by atoms with Gasteiger partial charge in [0.1, 0.15) is 10.7 Å². The average Bonchev–Trinajstić information content (AvgIpc) is 2.46. The van der Waals surface area contributed by atoms with Crippen molar-refractivity contribution in [2.75, 3.05) is 0 Å². The van der Waals surface area contributed by atoms with E-state index in [1.165, 1.54) is 24.3 Å². The van der Waals surface area contributed by atoms with Crippen LogP contribution in [-0.4, -0.2) is 14.2 Å². The third kappa shape index (κ3) is 3.46. The van der Waals surface area contributed by atoms with Gasteiger partial charge in [-0.25, -0.2) is 4.39 Å². The van der Waals surface area contributed by atoms with Gasteiger partial charge in [0.05, 0.1) is 5.56 Å². The molecule has 0 unspecified atom stereocenters. The number of carbonyl (C=O) groups is 1. The van der Waals surface area contributed by atoms with Crippen LogP contribution in [-0.2, 0) is 10.1 Å². The minimum atomic E-state index is -4.19. The second-order valence-electron chi connectivity index (χ2n) is 4.27. The highest BCUT2D eigenvalue weighted by atomic mass is 32.2. The summed E-state index contributed by atoms with van der Waals surface area (Å²) in [5.74, 6) is -0.980. The summed E-state index contributed by atoms with van der Waals surface area (Å²) in [7, 11) is -4.19. The number of hydrogen-bond donors (Lipinski definition) is 0. The second kappa shape index (κ2) is 6.05. The summed E-state index contributed by atoms with van der Waals surface area (Å²) in [6.45, 7) is 1.67. The predicted molar refractivity (Wildman–Crippen MR) is 75.3 cm³/mol. The Morgan fingerprint density at radius 2 is 1.86 bits per heavy atom. The van der Waals surface area contributed by atoms with Crippen LogP contribution >= 0.6 is 0 Å². The third-order valence-corrected chi connectivity index (χ3v) is 4.02. The van der Waals surface area contributed by atoms with Crippen molar-refractivity contribution < 1.29 is 21.8 Å². The zero-order valence-electron chi connectivity index (χ0n) is 11.2. The summed E-state index contributed by atoms with van der Waals surface area (Å²) in [6, 6.07) is 10.5. The molecule has 2 aromatic carbocycles. The first-order valence-electron chi connectivity index (χ1n) is 6.26. The number of hydrogen-bond acceptors (Lipinski definition) is 4. The van der Waals surface area contributed by atoms with Gasteiger partial charge in [-0.3, -0.25) is 4.79 Å². The second-order valence-corrected chi connectivity index (χ2v) is 5.81. The highest BCUT2D eigenvalue weighted by Gasteiger charge is 2.20. The Kier molecular flexibility index (Phi) is 4.37. The van der Waals surface area contributed by atoms with Crippen molar-refractivity contribution in [2.24, 2.45) is 0 Å². The Morgan fingerprint density at radius 1 is 1.14 bits per heavy atom. The van der Waals surface area contributed by atoms with Gasteiger partial charge in [0.25, 0.3) is 0 Å². The van der Waals surface area contributed by atoms with E-state index in [4.69, 9.17) is 4.18 Å². The van der Waals surface area contributed by atoms with E-state index < -0.39 is 15.9 Å². The molecule has 6 heteroatoms. The molecule has 0 aliphatic heterocycles. The Morgan fingerprint density at radius 3 is 2.52 bits per heavy atom. The van der Waals surface area contributed by atoms with Crippen LogP contribution in [0.3, 0.4) is 0 Å². The summed E-state index contributed by atoms with van der Waals surface area (Å²) >= 11 is 0. The van der Waals surface area contributed by atoms with E-state index in [-0.39, 0.29) is 28.4 Å². The molecule has 0 atom stereocenters. The molecule has 2 aromatic rings.